The van der Waals surface area contributed by atoms with Crippen LogP contribution in [0.1, 0.15) is 39.7 Å². The molecule has 1 rings (SSSR count). The Bertz CT molecular complexity index is 700. The normalized spacial score (nSPS) is 13.0. The van der Waals surface area contributed by atoms with Crippen molar-refractivity contribution >= 4 is 6.08 Å². The Kier molecular flexibility index (Phi) is 10.3. The molecule has 0 fully saturated rings. The summed E-state index contributed by atoms with van der Waals surface area (Å²) in [6.07, 6.45) is 7.67. The highest BCUT2D eigenvalue weighted by Gasteiger charge is 2.16. The molecule has 29 heavy (non-hydrogen) atoms. The number of hydrogen-bond acceptors (Lipinski definition) is 6. The molecule has 0 aliphatic carbocycles. The Morgan fingerprint density at radius 2 is 1.76 bits per heavy atom. The predicted octanol–water partition coefficient (Wildman–Crippen LogP) is 4.12. The van der Waals surface area contributed by atoms with Crippen LogP contribution < -0.4 is 14.2 Å². The maximum atomic E-state index is 10.0. The van der Waals surface area contributed by atoms with Crippen LogP contribution in [-0.4, -0.2) is 49.9 Å². The van der Waals surface area contributed by atoms with Gasteiger partial charge in [0.1, 0.15) is 6.61 Å². The van der Waals surface area contributed by atoms with Crippen LogP contribution in [-0.2, 0) is 4.74 Å². The molecule has 1 aromatic rings. The molecule has 0 atom stereocenters. The van der Waals surface area contributed by atoms with Crippen molar-refractivity contribution < 1.29 is 29.2 Å². The van der Waals surface area contributed by atoms with Crippen molar-refractivity contribution in [2.75, 3.05) is 34.0 Å². The molecule has 0 saturated heterocycles. The molecule has 1 aromatic carbocycles. The summed E-state index contributed by atoms with van der Waals surface area (Å²) in [6, 6.07) is 3.63. The molecule has 0 bridgehead atoms. The van der Waals surface area contributed by atoms with E-state index in [2.05, 4.69) is 0 Å². The molecule has 2 N–H and O–H groups in total. The molecular weight excluding hydrogens is 372 g/mol. The van der Waals surface area contributed by atoms with Gasteiger partial charge < -0.3 is 29.2 Å². The van der Waals surface area contributed by atoms with E-state index in [9.17, 15) is 5.11 Å². The van der Waals surface area contributed by atoms with Gasteiger partial charge in [0.05, 0.1) is 38.8 Å². The van der Waals surface area contributed by atoms with Crippen molar-refractivity contribution in [1.29, 1.82) is 0 Å². The number of aliphatic hydroxyl groups is 2. The molecular formula is C23H34O6. The highest BCUT2D eigenvalue weighted by molar-refractivity contribution is 5.62. The summed E-state index contributed by atoms with van der Waals surface area (Å²) in [6.45, 7) is 8.17. The average molecular weight is 407 g/mol. The SMILES string of the molecule is CCOC(=CC(C)=CCOc1c(OC)cc(C=CCO)cc1OC)CC(C)(C)O. The summed E-state index contributed by atoms with van der Waals surface area (Å²) in [5.41, 5.74) is 0.950. The second-order valence-corrected chi connectivity index (χ2v) is 7.13. The number of rotatable bonds is 12. The van der Waals surface area contributed by atoms with Gasteiger partial charge in [0.15, 0.2) is 11.5 Å². The van der Waals surface area contributed by atoms with Crippen LogP contribution in [0.3, 0.4) is 0 Å². The third kappa shape index (κ3) is 9.07. The third-order valence-corrected chi connectivity index (χ3v) is 3.86. The minimum absolute atomic E-state index is 0.0440. The summed E-state index contributed by atoms with van der Waals surface area (Å²) in [7, 11) is 3.13. The van der Waals surface area contributed by atoms with Gasteiger partial charge in [0, 0.05) is 6.42 Å². The first kappa shape index (κ1) is 24.6. The molecule has 6 heteroatoms. The van der Waals surface area contributed by atoms with E-state index in [-0.39, 0.29) is 6.61 Å². The smallest absolute Gasteiger partial charge is 0.203 e. The largest absolute Gasteiger partial charge is 0.498 e. The number of ether oxygens (including phenoxy) is 4. The molecule has 162 valence electrons. The van der Waals surface area contributed by atoms with Crippen LogP contribution in [0.5, 0.6) is 17.2 Å². The fraction of sp³-hybridized carbons (Fsp3) is 0.478. The first-order valence-corrected chi connectivity index (χ1v) is 9.62. The lowest BCUT2D eigenvalue weighted by molar-refractivity contribution is 0.0594. The van der Waals surface area contributed by atoms with Gasteiger partial charge in [-0.3, -0.25) is 0 Å². The summed E-state index contributed by atoms with van der Waals surface area (Å²) < 4.78 is 22.4. The number of allylic oxidation sites excluding steroid dienone is 2. The first-order valence-electron chi connectivity index (χ1n) is 9.62. The zero-order valence-corrected chi connectivity index (χ0v) is 18.3. The number of methoxy groups -OCH3 is 2. The number of hydrogen-bond donors (Lipinski definition) is 2. The van der Waals surface area contributed by atoms with Crippen molar-refractivity contribution in [3.8, 4) is 17.2 Å². The van der Waals surface area contributed by atoms with E-state index < -0.39 is 5.60 Å². The van der Waals surface area contributed by atoms with Crippen LogP contribution in [0.25, 0.3) is 6.08 Å². The Labute approximate surface area is 174 Å². The van der Waals surface area contributed by atoms with E-state index >= 15 is 0 Å². The topological polar surface area (TPSA) is 77.4 Å². The molecule has 0 amide bonds. The molecule has 0 aliphatic rings. The van der Waals surface area contributed by atoms with Crippen LogP contribution in [0, 0.1) is 0 Å². The Morgan fingerprint density at radius 1 is 1.14 bits per heavy atom. The van der Waals surface area contributed by atoms with E-state index in [0.29, 0.717) is 36.9 Å². The maximum Gasteiger partial charge on any atom is 0.203 e. The van der Waals surface area contributed by atoms with Crippen LogP contribution in [0.15, 0.2) is 41.7 Å². The molecule has 0 aliphatic heterocycles. The summed E-state index contributed by atoms with van der Waals surface area (Å²) in [5, 5.41) is 19.0. The van der Waals surface area contributed by atoms with E-state index in [1.165, 1.54) is 0 Å². The van der Waals surface area contributed by atoms with Gasteiger partial charge in [-0.1, -0.05) is 12.2 Å². The Morgan fingerprint density at radius 3 is 2.24 bits per heavy atom. The second kappa shape index (κ2) is 12.2. The predicted molar refractivity (Wildman–Crippen MR) is 116 cm³/mol. The van der Waals surface area contributed by atoms with Crippen LogP contribution in [0.2, 0.25) is 0 Å². The van der Waals surface area contributed by atoms with Gasteiger partial charge in [-0.15, -0.1) is 0 Å². The van der Waals surface area contributed by atoms with Crippen LogP contribution in [0.4, 0.5) is 0 Å². The fourth-order valence-electron chi connectivity index (χ4n) is 2.65. The van der Waals surface area contributed by atoms with Crippen LogP contribution >= 0.6 is 0 Å². The van der Waals surface area contributed by atoms with Crippen molar-refractivity contribution in [1.82, 2.24) is 0 Å². The third-order valence-electron chi connectivity index (χ3n) is 3.86. The second-order valence-electron chi connectivity index (χ2n) is 7.13. The van der Waals surface area contributed by atoms with Crippen molar-refractivity contribution in [3.63, 3.8) is 0 Å². The molecule has 6 nitrogen and oxygen atoms in total. The zero-order valence-electron chi connectivity index (χ0n) is 18.3. The van der Waals surface area contributed by atoms with Gasteiger partial charge >= 0.3 is 0 Å². The maximum absolute atomic E-state index is 10.0. The molecule has 0 radical (unpaired) electrons. The van der Waals surface area contributed by atoms with E-state index in [0.717, 1.165) is 16.9 Å². The van der Waals surface area contributed by atoms with Crippen molar-refractivity contribution in [2.45, 2.75) is 39.7 Å². The highest BCUT2D eigenvalue weighted by Crippen LogP contribution is 2.39. The van der Waals surface area contributed by atoms with Gasteiger partial charge in [0.2, 0.25) is 5.75 Å². The highest BCUT2D eigenvalue weighted by atomic mass is 16.5. The zero-order chi connectivity index (χ0) is 21.9. The van der Waals surface area contributed by atoms with Gasteiger partial charge in [-0.05, 0) is 63.1 Å². The molecule has 0 unspecified atom stereocenters. The van der Waals surface area contributed by atoms with Crippen molar-refractivity contribution in [2.24, 2.45) is 0 Å². The number of aliphatic hydroxyl groups excluding tert-OH is 1. The number of benzene rings is 1. The standard InChI is InChI=1S/C23H34O6/c1-7-28-19(16-23(3,4)25)13-17(2)10-12-29-22-20(26-5)14-18(9-8-11-24)15-21(22)27-6/h8-10,13-15,24-25H,7,11-12,16H2,1-6H3. The minimum Gasteiger partial charge on any atom is -0.498 e. The fourth-order valence-corrected chi connectivity index (χ4v) is 2.65. The molecule has 0 saturated carbocycles. The summed E-state index contributed by atoms with van der Waals surface area (Å²) in [4.78, 5) is 0. The summed E-state index contributed by atoms with van der Waals surface area (Å²) >= 11 is 0. The lowest BCUT2D eigenvalue weighted by Crippen LogP contribution is -2.20. The first-order chi connectivity index (χ1) is 13.7. The Balaban J connectivity index is 2.98. The molecule has 0 aromatic heterocycles. The van der Waals surface area contributed by atoms with Crippen molar-refractivity contribution in [3.05, 3.63) is 47.3 Å². The minimum atomic E-state index is -0.843. The lowest BCUT2D eigenvalue weighted by atomic mass is 10.0. The Hall–Kier alpha value is -2.44. The van der Waals surface area contributed by atoms with Gasteiger partial charge in [-0.2, -0.15) is 0 Å². The van der Waals surface area contributed by atoms with E-state index in [4.69, 9.17) is 24.1 Å². The summed E-state index contributed by atoms with van der Waals surface area (Å²) in [5.74, 6) is 2.32. The quantitative estimate of drug-likeness (QED) is 0.402. The monoisotopic (exact) mass is 406 g/mol. The average Bonchev–Trinajstić information content (AvgIpc) is 2.65. The van der Waals surface area contributed by atoms with Gasteiger partial charge in [0.25, 0.3) is 0 Å². The lowest BCUT2D eigenvalue weighted by Gasteiger charge is -2.19. The van der Waals surface area contributed by atoms with E-state index in [1.807, 2.05) is 38.1 Å². The molecule has 0 spiro atoms. The van der Waals surface area contributed by atoms with Gasteiger partial charge in [-0.25, -0.2) is 0 Å². The molecule has 0 heterocycles. The van der Waals surface area contributed by atoms with E-state index in [1.54, 1.807) is 40.2 Å².